The topological polar surface area (TPSA) is 41.1 Å². The molecule has 1 aromatic carbocycles. The molecule has 1 saturated heterocycles. The predicted molar refractivity (Wildman–Crippen MR) is 68.8 cm³/mol. The minimum absolute atomic E-state index is 0.114. The summed E-state index contributed by atoms with van der Waals surface area (Å²) in [7, 11) is 0. The van der Waals surface area contributed by atoms with Crippen LogP contribution >= 0.6 is 22.6 Å². The SMILES string of the molecule is O=C(CC1CNC1)Nc1cccc(I)c1. The van der Waals surface area contributed by atoms with E-state index in [1.807, 2.05) is 24.3 Å². The lowest BCUT2D eigenvalue weighted by Crippen LogP contribution is -2.43. The molecule has 80 valence electrons. The lowest BCUT2D eigenvalue weighted by Gasteiger charge is -2.26. The van der Waals surface area contributed by atoms with E-state index < -0.39 is 0 Å². The summed E-state index contributed by atoms with van der Waals surface area (Å²) in [6.07, 6.45) is 0.623. The third-order valence-electron chi connectivity index (χ3n) is 2.45. The average Bonchev–Trinajstić information content (AvgIpc) is 2.11. The zero-order chi connectivity index (χ0) is 10.7. The fourth-order valence-corrected chi connectivity index (χ4v) is 2.08. The number of hydrogen-bond acceptors (Lipinski definition) is 2. The van der Waals surface area contributed by atoms with E-state index in [1.54, 1.807) is 0 Å². The van der Waals surface area contributed by atoms with Crippen molar-refractivity contribution in [2.75, 3.05) is 18.4 Å². The summed E-state index contributed by atoms with van der Waals surface area (Å²) < 4.78 is 1.13. The average molecular weight is 316 g/mol. The summed E-state index contributed by atoms with van der Waals surface area (Å²) in [4.78, 5) is 11.6. The maximum absolute atomic E-state index is 11.6. The molecule has 1 fully saturated rings. The normalized spacial score (nSPS) is 15.8. The van der Waals surface area contributed by atoms with Crippen molar-refractivity contribution in [1.29, 1.82) is 0 Å². The molecule has 0 bridgehead atoms. The van der Waals surface area contributed by atoms with E-state index in [9.17, 15) is 4.79 Å². The van der Waals surface area contributed by atoms with Crippen molar-refractivity contribution in [2.45, 2.75) is 6.42 Å². The fourth-order valence-electron chi connectivity index (χ4n) is 1.53. The van der Waals surface area contributed by atoms with Crippen molar-refractivity contribution in [3.63, 3.8) is 0 Å². The van der Waals surface area contributed by atoms with Crippen molar-refractivity contribution < 1.29 is 4.79 Å². The number of rotatable bonds is 3. The van der Waals surface area contributed by atoms with E-state index in [-0.39, 0.29) is 5.91 Å². The van der Waals surface area contributed by atoms with Crippen molar-refractivity contribution in [3.8, 4) is 0 Å². The molecule has 1 heterocycles. The second-order valence-electron chi connectivity index (χ2n) is 3.79. The highest BCUT2D eigenvalue weighted by molar-refractivity contribution is 14.1. The van der Waals surface area contributed by atoms with Gasteiger partial charge in [0, 0.05) is 15.7 Å². The number of carbonyl (C=O) groups is 1. The second kappa shape index (κ2) is 4.94. The Morgan fingerprint density at radius 2 is 2.33 bits per heavy atom. The summed E-state index contributed by atoms with van der Waals surface area (Å²) in [5.41, 5.74) is 0.888. The second-order valence-corrected chi connectivity index (χ2v) is 5.03. The number of carbonyl (C=O) groups excluding carboxylic acids is 1. The fraction of sp³-hybridized carbons (Fsp3) is 0.364. The third kappa shape index (κ3) is 3.17. The maximum atomic E-state index is 11.6. The van der Waals surface area contributed by atoms with Crippen LogP contribution in [0.15, 0.2) is 24.3 Å². The smallest absolute Gasteiger partial charge is 0.224 e. The summed E-state index contributed by atoms with van der Waals surface area (Å²) in [6.45, 7) is 1.94. The molecule has 15 heavy (non-hydrogen) atoms. The van der Waals surface area contributed by atoms with Gasteiger partial charge in [0.15, 0.2) is 0 Å². The van der Waals surface area contributed by atoms with Crippen molar-refractivity contribution in [3.05, 3.63) is 27.8 Å². The molecule has 0 atom stereocenters. The Balaban J connectivity index is 1.87. The molecule has 1 aliphatic heterocycles. The van der Waals surface area contributed by atoms with E-state index in [0.717, 1.165) is 22.3 Å². The van der Waals surface area contributed by atoms with Gasteiger partial charge in [0.25, 0.3) is 0 Å². The van der Waals surface area contributed by atoms with Gasteiger partial charge in [-0.25, -0.2) is 0 Å². The van der Waals surface area contributed by atoms with Gasteiger partial charge < -0.3 is 10.6 Å². The highest BCUT2D eigenvalue weighted by atomic mass is 127. The number of benzene rings is 1. The lowest BCUT2D eigenvalue weighted by atomic mass is 9.99. The van der Waals surface area contributed by atoms with Crippen LogP contribution in [0.25, 0.3) is 0 Å². The molecule has 2 N–H and O–H groups in total. The van der Waals surface area contributed by atoms with E-state index in [1.165, 1.54) is 0 Å². The van der Waals surface area contributed by atoms with Gasteiger partial charge in [-0.05, 0) is 59.8 Å². The molecular weight excluding hydrogens is 303 g/mol. The van der Waals surface area contributed by atoms with Gasteiger partial charge in [-0.3, -0.25) is 4.79 Å². The lowest BCUT2D eigenvalue weighted by molar-refractivity contribution is -0.117. The van der Waals surface area contributed by atoms with Crippen LogP contribution in [0, 0.1) is 9.49 Å². The van der Waals surface area contributed by atoms with Crippen LogP contribution in [0.1, 0.15) is 6.42 Å². The zero-order valence-electron chi connectivity index (χ0n) is 8.29. The number of hydrogen-bond donors (Lipinski definition) is 2. The molecule has 0 unspecified atom stereocenters. The van der Waals surface area contributed by atoms with Crippen molar-refractivity contribution in [1.82, 2.24) is 5.32 Å². The molecule has 1 aliphatic rings. The highest BCUT2D eigenvalue weighted by Gasteiger charge is 2.19. The van der Waals surface area contributed by atoms with Crippen LogP contribution in [-0.2, 0) is 4.79 Å². The van der Waals surface area contributed by atoms with Gasteiger partial charge in [0.1, 0.15) is 0 Å². The van der Waals surface area contributed by atoms with Gasteiger partial charge in [-0.1, -0.05) is 6.07 Å². The van der Waals surface area contributed by atoms with Gasteiger partial charge in [0.05, 0.1) is 0 Å². The van der Waals surface area contributed by atoms with Crippen LogP contribution < -0.4 is 10.6 Å². The standard InChI is InChI=1S/C11H13IN2O/c12-9-2-1-3-10(5-9)14-11(15)4-8-6-13-7-8/h1-3,5,8,13H,4,6-7H2,(H,14,15). The molecule has 1 amide bonds. The molecular formula is C11H13IN2O. The maximum Gasteiger partial charge on any atom is 0.224 e. The predicted octanol–water partition coefficient (Wildman–Crippen LogP) is 1.84. The Labute approximate surface area is 103 Å². The minimum Gasteiger partial charge on any atom is -0.326 e. The van der Waals surface area contributed by atoms with Crippen LogP contribution in [0.4, 0.5) is 5.69 Å². The first kappa shape index (κ1) is 10.9. The van der Waals surface area contributed by atoms with Crippen LogP contribution in [-0.4, -0.2) is 19.0 Å². The van der Waals surface area contributed by atoms with Crippen molar-refractivity contribution in [2.24, 2.45) is 5.92 Å². The molecule has 4 heteroatoms. The van der Waals surface area contributed by atoms with Crippen molar-refractivity contribution >= 4 is 34.2 Å². The first-order valence-corrected chi connectivity index (χ1v) is 6.08. The molecule has 0 aromatic heterocycles. The van der Waals surface area contributed by atoms with E-state index >= 15 is 0 Å². The Bertz CT molecular complexity index is 363. The molecule has 1 aromatic rings. The minimum atomic E-state index is 0.114. The Kier molecular flexibility index (Phi) is 3.58. The number of anilines is 1. The Morgan fingerprint density at radius 1 is 1.53 bits per heavy atom. The first-order chi connectivity index (χ1) is 7.24. The molecule has 0 saturated carbocycles. The number of amides is 1. The van der Waals surface area contributed by atoms with E-state index in [2.05, 4.69) is 33.2 Å². The zero-order valence-corrected chi connectivity index (χ0v) is 10.5. The van der Waals surface area contributed by atoms with E-state index in [4.69, 9.17) is 0 Å². The number of halogens is 1. The molecule has 2 rings (SSSR count). The Morgan fingerprint density at radius 3 is 2.93 bits per heavy atom. The Hall–Kier alpha value is -0.620. The molecule has 0 aliphatic carbocycles. The van der Waals surface area contributed by atoms with Gasteiger partial charge in [-0.15, -0.1) is 0 Å². The quantitative estimate of drug-likeness (QED) is 0.836. The van der Waals surface area contributed by atoms with Gasteiger partial charge in [-0.2, -0.15) is 0 Å². The monoisotopic (exact) mass is 316 g/mol. The largest absolute Gasteiger partial charge is 0.326 e. The molecule has 3 nitrogen and oxygen atoms in total. The molecule has 0 spiro atoms. The van der Waals surface area contributed by atoms with Gasteiger partial charge in [0.2, 0.25) is 5.91 Å². The van der Waals surface area contributed by atoms with E-state index in [0.29, 0.717) is 12.3 Å². The summed E-state index contributed by atoms with van der Waals surface area (Å²) in [6, 6.07) is 7.84. The third-order valence-corrected chi connectivity index (χ3v) is 3.12. The first-order valence-electron chi connectivity index (χ1n) is 5.00. The van der Waals surface area contributed by atoms with Crippen LogP contribution in [0.2, 0.25) is 0 Å². The number of nitrogens with one attached hydrogen (secondary N) is 2. The van der Waals surface area contributed by atoms with Gasteiger partial charge >= 0.3 is 0 Å². The van der Waals surface area contributed by atoms with Crippen LogP contribution in [0.3, 0.4) is 0 Å². The summed E-state index contributed by atoms with van der Waals surface area (Å²) >= 11 is 2.23. The summed E-state index contributed by atoms with van der Waals surface area (Å²) in [5.74, 6) is 0.635. The highest BCUT2D eigenvalue weighted by Crippen LogP contribution is 2.14. The summed E-state index contributed by atoms with van der Waals surface area (Å²) in [5, 5.41) is 6.07. The molecule has 0 radical (unpaired) electrons. The van der Waals surface area contributed by atoms with Crippen LogP contribution in [0.5, 0.6) is 0 Å².